The molecule has 0 saturated carbocycles. The maximum absolute atomic E-state index is 10.8. The van der Waals surface area contributed by atoms with Crippen LogP contribution < -0.4 is 4.74 Å². The van der Waals surface area contributed by atoms with Gasteiger partial charge in [-0.2, -0.15) is 0 Å². The molecule has 1 rings (SSSR count). The minimum Gasteiger partial charge on any atom is -0.494 e. The van der Waals surface area contributed by atoms with Crippen LogP contribution in [0.1, 0.15) is 18.4 Å². The van der Waals surface area contributed by atoms with Gasteiger partial charge in [0.2, 0.25) is 0 Å². The molecule has 0 bridgehead atoms. The van der Waals surface area contributed by atoms with Crippen LogP contribution in [0, 0.1) is 12.3 Å². The van der Waals surface area contributed by atoms with Gasteiger partial charge in [-0.15, -0.1) is 6.42 Å². The number of benzene rings is 1. The monoisotopic (exact) mass is 218 g/mol. The molecule has 1 aromatic carbocycles. The Kier molecular flexibility index (Phi) is 4.94. The molecule has 0 aliphatic rings. The fourth-order valence-electron chi connectivity index (χ4n) is 1.18. The van der Waals surface area contributed by atoms with Crippen LogP contribution in [0.2, 0.25) is 0 Å². The Hall–Kier alpha value is -1.95. The Morgan fingerprint density at radius 1 is 1.50 bits per heavy atom. The van der Waals surface area contributed by atoms with Crippen molar-refractivity contribution in [3.05, 3.63) is 29.8 Å². The molecule has 0 N–H and O–H groups in total. The van der Waals surface area contributed by atoms with Crippen molar-refractivity contribution in [3.63, 3.8) is 0 Å². The van der Waals surface area contributed by atoms with Crippen molar-refractivity contribution in [2.24, 2.45) is 0 Å². The van der Waals surface area contributed by atoms with Crippen molar-refractivity contribution in [1.29, 1.82) is 0 Å². The van der Waals surface area contributed by atoms with Crippen molar-refractivity contribution in [3.8, 4) is 18.1 Å². The van der Waals surface area contributed by atoms with E-state index in [1.54, 1.807) is 6.07 Å². The molecule has 0 fully saturated rings. The van der Waals surface area contributed by atoms with Gasteiger partial charge in [-0.3, -0.25) is 4.79 Å². The van der Waals surface area contributed by atoms with E-state index in [1.807, 2.05) is 18.2 Å². The highest BCUT2D eigenvalue weighted by atomic mass is 16.5. The van der Waals surface area contributed by atoms with Gasteiger partial charge >= 0.3 is 5.97 Å². The summed E-state index contributed by atoms with van der Waals surface area (Å²) >= 11 is 0. The second-order valence-electron chi connectivity index (χ2n) is 3.20. The van der Waals surface area contributed by atoms with E-state index in [0.29, 0.717) is 19.4 Å². The summed E-state index contributed by atoms with van der Waals surface area (Å²) < 4.78 is 9.96. The Balaban J connectivity index is 2.32. The predicted octanol–water partition coefficient (Wildman–Crippen LogP) is 2.00. The highest BCUT2D eigenvalue weighted by Crippen LogP contribution is 2.12. The van der Waals surface area contributed by atoms with Crippen LogP contribution in [-0.2, 0) is 9.53 Å². The van der Waals surface area contributed by atoms with Gasteiger partial charge in [-0.05, 0) is 24.6 Å². The second-order valence-corrected chi connectivity index (χ2v) is 3.20. The van der Waals surface area contributed by atoms with Crippen LogP contribution in [0.4, 0.5) is 0 Å². The van der Waals surface area contributed by atoms with Crippen molar-refractivity contribution >= 4 is 5.97 Å². The molecule has 16 heavy (non-hydrogen) atoms. The van der Waals surface area contributed by atoms with Crippen molar-refractivity contribution < 1.29 is 14.3 Å². The van der Waals surface area contributed by atoms with E-state index >= 15 is 0 Å². The van der Waals surface area contributed by atoms with Crippen LogP contribution in [0.5, 0.6) is 5.75 Å². The first-order valence-electron chi connectivity index (χ1n) is 5.02. The molecule has 0 saturated heterocycles. The highest BCUT2D eigenvalue weighted by molar-refractivity contribution is 5.69. The Bertz CT molecular complexity index is 390. The lowest BCUT2D eigenvalue weighted by molar-refractivity contribution is -0.140. The minimum absolute atomic E-state index is 0.221. The zero-order valence-electron chi connectivity index (χ0n) is 9.23. The largest absolute Gasteiger partial charge is 0.494 e. The van der Waals surface area contributed by atoms with Gasteiger partial charge in [0, 0.05) is 12.0 Å². The maximum Gasteiger partial charge on any atom is 0.305 e. The first-order valence-corrected chi connectivity index (χ1v) is 5.02. The molecule has 0 unspecified atom stereocenters. The molecule has 0 amide bonds. The van der Waals surface area contributed by atoms with E-state index in [-0.39, 0.29) is 5.97 Å². The summed E-state index contributed by atoms with van der Waals surface area (Å²) in [6.07, 6.45) is 6.26. The van der Waals surface area contributed by atoms with Crippen LogP contribution in [0.25, 0.3) is 0 Å². The van der Waals surface area contributed by atoms with Gasteiger partial charge in [0.25, 0.3) is 0 Å². The molecule has 0 radical (unpaired) electrons. The zero-order chi connectivity index (χ0) is 11.8. The summed E-state index contributed by atoms with van der Waals surface area (Å²) in [5.41, 5.74) is 0.783. The number of rotatable bonds is 5. The van der Waals surface area contributed by atoms with Gasteiger partial charge < -0.3 is 9.47 Å². The number of ether oxygens (including phenoxy) is 2. The molecular formula is C13H14O3. The normalized spacial score (nSPS) is 9.25. The number of hydrogen-bond acceptors (Lipinski definition) is 3. The SMILES string of the molecule is C#Cc1cccc(OCCCC(=O)OC)c1. The smallest absolute Gasteiger partial charge is 0.305 e. The highest BCUT2D eigenvalue weighted by Gasteiger charge is 2.00. The summed E-state index contributed by atoms with van der Waals surface area (Å²) in [6, 6.07) is 7.29. The Morgan fingerprint density at radius 3 is 3.00 bits per heavy atom. The van der Waals surface area contributed by atoms with Crippen LogP contribution >= 0.6 is 0 Å². The first-order chi connectivity index (χ1) is 7.76. The molecule has 1 aromatic rings. The average molecular weight is 218 g/mol. The average Bonchev–Trinajstić information content (AvgIpc) is 2.34. The van der Waals surface area contributed by atoms with Gasteiger partial charge in [0.1, 0.15) is 5.75 Å². The number of carbonyl (C=O) groups excluding carboxylic acids is 1. The lowest BCUT2D eigenvalue weighted by atomic mass is 10.2. The number of carbonyl (C=O) groups is 1. The molecule has 0 heterocycles. The van der Waals surface area contributed by atoms with Crippen molar-refractivity contribution in [2.45, 2.75) is 12.8 Å². The summed E-state index contributed by atoms with van der Waals surface area (Å²) in [4.78, 5) is 10.8. The maximum atomic E-state index is 10.8. The fourth-order valence-corrected chi connectivity index (χ4v) is 1.18. The van der Waals surface area contributed by atoms with E-state index in [0.717, 1.165) is 11.3 Å². The molecular weight excluding hydrogens is 204 g/mol. The molecule has 0 aromatic heterocycles. The quantitative estimate of drug-likeness (QED) is 0.431. The molecule has 0 atom stereocenters. The minimum atomic E-state index is -0.221. The van der Waals surface area contributed by atoms with Crippen LogP contribution in [0.3, 0.4) is 0 Å². The third-order valence-corrected chi connectivity index (χ3v) is 2.02. The van der Waals surface area contributed by atoms with Crippen LogP contribution in [0.15, 0.2) is 24.3 Å². The number of terminal acetylenes is 1. The summed E-state index contributed by atoms with van der Waals surface area (Å²) in [7, 11) is 1.37. The topological polar surface area (TPSA) is 35.5 Å². The standard InChI is InChI=1S/C13H14O3/c1-3-11-6-4-7-12(10-11)16-9-5-8-13(14)15-2/h1,4,6-7,10H,5,8-9H2,2H3. The summed E-state index contributed by atoms with van der Waals surface area (Å²) in [5.74, 6) is 3.03. The predicted molar refractivity (Wildman–Crippen MR) is 61.1 cm³/mol. The lowest BCUT2D eigenvalue weighted by Gasteiger charge is -2.05. The van der Waals surface area contributed by atoms with Gasteiger partial charge in [0.05, 0.1) is 13.7 Å². The lowest BCUT2D eigenvalue weighted by Crippen LogP contribution is -2.04. The third-order valence-electron chi connectivity index (χ3n) is 2.02. The Morgan fingerprint density at radius 2 is 2.31 bits per heavy atom. The molecule has 0 aliphatic heterocycles. The fraction of sp³-hybridized carbons (Fsp3) is 0.308. The van der Waals surface area contributed by atoms with Crippen molar-refractivity contribution in [1.82, 2.24) is 0 Å². The van der Waals surface area contributed by atoms with Gasteiger partial charge in [0.15, 0.2) is 0 Å². The van der Waals surface area contributed by atoms with E-state index in [1.165, 1.54) is 7.11 Å². The van der Waals surface area contributed by atoms with E-state index in [2.05, 4.69) is 10.7 Å². The first kappa shape index (κ1) is 12.1. The molecule has 3 nitrogen and oxygen atoms in total. The van der Waals surface area contributed by atoms with E-state index < -0.39 is 0 Å². The van der Waals surface area contributed by atoms with Gasteiger partial charge in [-0.25, -0.2) is 0 Å². The number of esters is 1. The zero-order valence-corrected chi connectivity index (χ0v) is 9.23. The third kappa shape index (κ3) is 4.05. The van der Waals surface area contributed by atoms with Crippen LogP contribution in [-0.4, -0.2) is 19.7 Å². The summed E-state index contributed by atoms with van der Waals surface area (Å²) in [5, 5.41) is 0. The molecule has 0 spiro atoms. The molecule has 3 heteroatoms. The van der Waals surface area contributed by atoms with E-state index in [9.17, 15) is 4.79 Å². The van der Waals surface area contributed by atoms with Crippen molar-refractivity contribution in [2.75, 3.05) is 13.7 Å². The second kappa shape index (κ2) is 6.52. The number of hydrogen-bond donors (Lipinski definition) is 0. The Labute approximate surface area is 95.4 Å². The molecule has 0 aliphatic carbocycles. The van der Waals surface area contributed by atoms with Gasteiger partial charge in [-0.1, -0.05) is 12.0 Å². The molecule has 84 valence electrons. The number of methoxy groups -OCH3 is 1. The van der Waals surface area contributed by atoms with E-state index in [4.69, 9.17) is 11.2 Å². The summed E-state index contributed by atoms with van der Waals surface area (Å²) in [6.45, 7) is 0.475.